The first-order valence-corrected chi connectivity index (χ1v) is 12.4. The molecule has 1 aliphatic carbocycles. The maximum absolute atomic E-state index is 12.9. The normalized spacial score (nSPS) is 20.0. The highest BCUT2D eigenvalue weighted by Gasteiger charge is 2.44. The molecular formula is C24H24N4O5S. The van der Waals surface area contributed by atoms with E-state index in [4.69, 9.17) is 4.98 Å². The quantitative estimate of drug-likeness (QED) is 0.496. The minimum atomic E-state index is -1.03. The Morgan fingerprint density at radius 2 is 1.85 bits per heavy atom. The lowest BCUT2D eigenvalue weighted by Gasteiger charge is -2.27. The van der Waals surface area contributed by atoms with Crippen LogP contribution in [-0.4, -0.2) is 52.0 Å². The Bertz CT molecular complexity index is 1200. The van der Waals surface area contributed by atoms with Gasteiger partial charge in [0.2, 0.25) is 11.8 Å². The first-order valence-electron chi connectivity index (χ1n) is 11.5. The summed E-state index contributed by atoms with van der Waals surface area (Å²) >= 11 is 1.72. The fraction of sp³-hybridized carbons (Fsp3) is 0.417. The molecule has 0 spiro atoms. The van der Waals surface area contributed by atoms with E-state index in [0.29, 0.717) is 13.0 Å². The zero-order valence-electron chi connectivity index (χ0n) is 18.5. The third-order valence-electron chi connectivity index (χ3n) is 6.47. The molecule has 1 atom stereocenters. The van der Waals surface area contributed by atoms with Crippen LogP contribution in [0.5, 0.6) is 0 Å². The molecule has 5 rings (SSSR count). The molecule has 1 saturated heterocycles. The number of aromatic nitrogens is 1. The van der Waals surface area contributed by atoms with Gasteiger partial charge in [0.1, 0.15) is 6.04 Å². The highest BCUT2D eigenvalue weighted by atomic mass is 32.1. The summed E-state index contributed by atoms with van der Waals surface area (Å²) in [5.41, 5.74) is 1.70. The van der Waals surface area contributed by atoms with Crippen LogP contribution >= 0.6 is 11.3 Å². The van der Waals surface area contributed by atoms with Gasteiger partial charge in [-0.2, -0.15) is 0 Å². The summed E-state index contributed by atoms with van der Waals surface area (Å²) in [5, 5.41) is 6.04. The standard InChI is InChI=1S/C24H24N4O5S/c29-19-9-8-17(22(31)27-19)28-23(32)14-7-6-13(12-15(14)24(28)33)21(30)25-11-10-20-26-16-4-2-1-3-5-18(16)34-20/h6-7,12,17H,1-5,8-11H2,(H,25,30)(H,27,29,31). The summed E-state index contributed by atoms with van der Waals surface area (Å²) in [6, 6.07) is 3.30. The molecule has 2 N–H and O–H groups in total. The summed E-state index contributed by atoms with van der Waals surface area (Å²) in [6.45, 7) is 0.414. The van der Waals surface area contributed by atoms with Crippen molar-refractivity contribution in [1.82, 2.24) is 20.5 Å². The number of imide groups is 2. The molecule has 2 aromatic rings. The second kappa shape index (κ2) is 9.09. The van der Waals surface area contributed by atoms with Crippen LogP contribution in [-0.2, 0) is 28.9 Å². The average molecular weight is 481 g/mol. The van der Waals surface area contributed by atoms with Gasteiger partial charge in [0.25, 0.3) is 17.7 Å². The van der Waals surface area contributed by atoms with Gasteiger partial charge in [-0.15, -0.1) is 11.3 Å². The highest BCUT2D eigenvalue weighted by molar-refractivity contribution is 7.11. The number of hydrogen-bond acceptors (Lipinski definition) is 7. The molecule has 0 bridgehead atoms. The van der Waals surface area contributed by atoms with Crippen molar-refractivity contribution in [3.8, 4) is 0 Å². The van der Waals surface area contributed by atoms with E-state index in [1.807, 2.05) is 0 Å². The van der Waals surface area contributed by atoms with E-state index in [-0.39, 0.29) is 35.4 Å². The number of fused-ring (bicyclic) bond motifs is 2. The molecule has 176 valence electrons. The SMILES string of the molecule is O=C1CCC(N2C(=O)c3ccc(C(=O)NCCc4nc5c(s4)CCCCC5)cc3C2=O)C(=O)N1. The van der Waals surface area contributed by atoms with Gasteiger partial charge in [0.05, 0.1) is 21.8 Å². The minimum absolute atomic E-state index is 0.0551. The van der Waals surface area contributed by atoms with Crippen molar-refractivity contribution in [1.29, 1.82) is 0 Å². The molecule has 34 heavy (non-hydrogen) atoms. The van der Waals surface area contributed by atoms with Gasteiger partial charge in [0.15, 0.2) is 0 Å². The monoisotopic (exact) mass is 480 g/mol. The predicted octanol–water partition coefficient (Wildman–Crippen LogP) is 1.79. The number of carbonyl (C=O) groups excluding carboxylic acids is 5. The van der Waals surface area contributed by atoms with E-state index in [1.165, 1.54) is 48.0 Å². The van der Waals surface area contributed by atoms with Crippen molar-refractivity contribution in [2.75, 3.05) is 6.54 Å². The number of amides is 5. The first-order chi connectivity index (χ1) is 16.4. The lowest BCUT2D eigenvalue weighted by Crippen LogP contribution is -2.54. The minimum Gasteiger partial charge on any atom is -0.352 e. The van der Waals surface area contributed by atoms with E-state index >= 15 is 0 Å². The molecule has 3 heterocycles. The van der Waals surface area contributed by atoms with Gasteiger partial charge in [0, 0.05) is 29.8 Å². The molecule has 0 radical (unpaired) electrons. The number of nitrogens with one attached hydrogen (secondary N) is 2. The number of nitrogens with zero attached hydrogens (tertiary/aromatic N) is 2. The molecule has 0 saturated carbocycles. The van der Waals surface area contributed by atoms with Crippen LogP contribution < -0.4 is 10.6 Å². The van der Waals surface area contributed by atoms with E-state index < -0.39 is 29.7 Å². The maximum atomic E-state index is 12.9. The molecule has 5 amide bonds. The Morgan fingerprint density at radius 3 is 2.68 bits per heavy atom. The summed E-state index contributed by atoms with van der Waals surface area (Å²) < 4.78 is 0. The molecule has 2 aliphatic heterocycles. The first kappa shape index (κ1) is 22.4. The summed E-state index contributed by atoms with van der Waals surface area (Å²) in [5.74, 6) is -2.66. The second-order valence-electron chi connectivity index (χ2n) is 8.75. The molecule has 1 aromatic carbocycles. The lowest BCUT2D eigenvalue weighted by atomic mass is 10.0. The summed E-state index contributed by atoms with van der Waals surface area (Å²) in [7, 11) is 0. The van der Waals surface area contributed by atoms with Crippen molar-refractivity contribution in [2.24, 2.45) is 0 Å². The smallest absolute Gasteiger partial charge is 0.262 e. The number of carbonyl (C=O) groups is 5. The molecule has 9 nitrogen and oxygen atoms in total. The summed E-state index contributed by atoms with van der Waals surface area (Å²) in [6.07, 6.45) is 6.50. The largest absolute Gasteiger partial charge is 0.352 e. The molecule has 3 aliphatic rings. The van der Waals surface area contributed by atoms with Gasteiger partial charge < -0.3 is 5.32 Å². The van der Waals surface area contributed by atoms with Crippen LogP contribution in [0.15, 0.2) is 18.2 Å². The number of aryl methyl sites for hydroxylation is 2. The third kappa shape index (κ3) is 4.13. The van der Waals surface area contributed by atoms with Crippen LogP contribution in [0.1, 0.15) is 78.8 Å². The molecule has 10 heteroatoms. The van der Waals surface area contributed by atoms with Crippen LogP contribution in [0.25, 0.3) is 0 Å². The summed E-state index contributed by atoms with van der Waals surface area (Å²) in [4.78, 5) is 69.0. The number of hydrogen-bond donors (Lipinski definition) is 2. The molecule has 1 fully saturated rings. The maximum Gasteiger partial charge on any atom is 0.262 e. The average Bonchev–Trinajstić information content (AvgIpc) is 3.22. The fourth-order valence-electron chi connectivity index (χ4n) is 4.69. The lowest BCUT2D eigenvalue weighted by molar-refractivity contribution is -0.136. The number of rotatable bonds is 5. The van der Waals surface area contributed by atoms with Crippen molar-refractivity contribution in [2.45, 2.75) is 57.4 Å². The Morgan fingerprint density at radius 1 is 1.06 bits per heavy atom. The van der Waals surface area contributed by atoms with Crippen molar-refractivity contribution in [3.63, 3.8) is 0 Å². The fourth-order valence-corrected chi connectivity index (χ4v) is 5.84. The van der Waals surface area contributed by atoms with Gasteiger partial charge in [-0.25, -0.2) is 4.98 Å². The van der Waals surface area contributed by atoms with E-state index in [9.17, 15) is 24.0 Å². The number of thiazole rings is 1. The van der Waals surface area contributed by atoms with Gasteiger partial charge in [-0.1, -0.05) is 6.42 Å². The zero-order valence-corrected chi connectivity index (χ0v) is 19.3. The van der Waals surface area contributed by atoms with Crippen molar-refractivity contribution in [3.05, 3.63) is 50.5 Å². The molecule has 1 unspecified atom stereocenters. The zero-order chi connectivity index (χ0) is 23.8. The van der Waals surface area contributed by atoms with E-state index in [1.54, 1.807) is 11.3 Å². The predicted molar refractivity (Wildman–Crippen MR) is 123 cm³/mol. The third-order valence-corrected chi connectivity index (χ3v) is 7.68. The Labute approximate surface area is 199 Å². The number of benzene rings is 1. The highest BCUT2D eigenvalue weighted by Crippen LogP contribution is 2.29. The van der Waals surface area contributed by atoms with Crippen LogP contribution in [0.4, 0.5) is 0 Å². The topological polar surface area (TPSA) is 126 Å². The van der Waals surface area contributed by atoms with Crippen molar-refractivity contribution >= 4 is 40.9 Å². The van der Waals surface area contributed by atoms with Gasteiger partial charge in [-0.3, -0.25) is 34.2 Å². The van der Waals surface area contributed by atoms with Crippen LogP contribution in [0.3, 0.4) is 0 Å². The molecule has 1 aromatic heterocycles. The molecular weight excluding hydrogens is 456 g/mol. The second-order valence-corrected chi connectivity index (χ2v) is 9.92. The van der Waals surface area contributed by atoms with Crippen LogP contribution in [0.2, 0.25) is 0 Å². The van der Waals surface area contributed by atoms with E-state index in [2.05, 4.69) is 10.6 Å². The Balaban J connectivity index is 1.24. The Hall–Kier alpha value is -3.40. The number of piperidine rings is 1. The van der Waals surface area contributed by atoms with Gasteiger partial charge >= 0.3 is 0 Å². The van der Waals surface area contributed by atoms with Crippen molar-refractivity contribution < 1.29 is 24.0 Å². The Kier molecular flexibility index (Phi) is 5.99. The van der Waals surface area contributed by atoms with Gasteiger partial charge in [-0.05, 0) is 50.3 Å². The van der Waals surface area contributed by atoms with Crippen LogP contribution in [0, 0.1) is 0 Å². The van der Waals surface area contributed by atoms with E-state index in [0.717, 1.165) is 22.7 Å².